The second-order valence-corrected chi connectivity index (χ2v) is 10.0. The van der Waals surface area contributed by atoms with Crippen LogP contribution in [-0.2, 0) is 17.6 Å². The van der Waals surface area contributed by atoms with Crippen LogP contribution >= 0.6 is 11.3 Å². The highest BCUT2D eigenvalue weighted by Crippen LogP contribution is 2.30. The number of hydrogen-bond donors (Lipinski definition) is 1. The molecule has 1 saturated heterocycles. The number of piperazine rings is 1. The number of anilines is 2. The number of carbonyl (C=O) groups is 1. The number of benzene rings is 2. The van der Waals surface area contributed by atoms with Crippen LogP contribution in [0.5, 0.6) is 11.5 Å². The zero-order chi connectivity index (χ0) is 26.5. The Bertz CT molecular complexity index is 1390. The number of hydrogen-bond acceptors (Lipinski definition) is 9. The summed E-state index contributed by atoms with van der Waals surface area (Å²) in [5.74, 6) is 1.97. The van der Waals surface area contributed by atoms with Gasteiger partial charge in [0.25, 0.3) is 5.91 Å². The molecule has 4 aromatic rings. The van der Waals surface area contributed by atoms with Gasteiger partial charge in [-0.2, -0.15) is 4.98 Å². The molecule has 0 atom stereocenters. The molecule has 5 rings (SSSR count). The van der Waals surface area contributed by atoms with Crippen LogP contribution in [0.3, 0.4) is 0 Å². The molecule has 0 bridgehead atoms. The highest BCUT2D eigenvalue weighted by Gasteiger charge is 2.25. The van der Waals surface area contributed by atoms with Crippen molar-refractivity contribution in [2.24, 2.45) is 0 Å². The molecule has 3 heterocycles. The van der Waals surface area contributed by atoms with Gasteiger partial charge in [-0.25, -0.2) is 14.4 Å². The van der Waals surface area contributed by atoms with Gasteiger partial charge in [0, 0.05) is 26.2 Å². The van der Waals surface area contributed by atoms with E-state index in [0.29, 0.717) is 37.7 Å². The first-order valence-corrected chi connectivity index (χ1v) is 13.3. The van der Waals surface area contributed by atoms with Crippen molar-refractivity contribution in [2.75, 3.05) is 50.5 Å². The maximum atomic E-state index is 13.1. The van der Waals surface area contributed by atoms with E-state index in [1.54, 1.807) is 36.3 Å². The van der Waals surface area contributed by atoms with Crippen molar-refractivity contribution in [3.63, 3.8) is 0 Å². The smallest absolute Gasteiger partial charge is 0.260 e. The van der Waals surface area contributed by atoms with Crippen LogP contribution in [0.2, 0.25) is 0 Å². The number of amides is 1. The number of thiazole rings is 1. The number of ether oxygens (including phenoxy) is 2. The van der Waals surface area contributed by atoms with E-state index >= 15 is 0 Å². The second-order valence-electron chi connectivity index (χ2n) is 8.98. The molecule has 0 spiro atoms. The maximum absolute atomic E-state index is 13.1. The van der Waals surface area contributed by atoms with E-state index in [9.17, 15) is 9.18 Å². The SMILES string of the molecule is COc1ccc(OCC(=O)N2CCN(c3nc(N)nc4sc(CCCc5ccc(F)cc5)nc34)CC2)cc1. The molecule has 9 nitrogen and oxygen atoms in total. The zero-order valence-corrected chi connectivity index (χ0v) is 21.9. The van der Waals surface area contributed by atoms with Crippen molar-refractivity contribution in [2.45, 2.75) is 19.3 Å². The Morgan fingerprint density at radius 3 is 2.39 bits per heavy atom. The lowest BCUT2D eigenvalue weighted by Crippen LogP contribution is -2.50. The van der Waals surface area contributed by atoms with Crippen LogP contribution < -0.4 is 20.1 Å². The van der Waals surface area contributed by atoms with Gasteiger partial charge in [0.05, 0.1) is 12.1 Å². The summed E-state index contributed by atoms with van der Waals surface area (Å²) in [6.45, 7) is 2.29. The van der Waals surface area contributed by atoms with Crippen LogP contribution in [0.25, 0.3) is 10.3 Å². The summed E-state index contributed by atoms with van der Waals surface area (Å²) >= 11 is 1.52. The average molecular weight is 537 g/mol. The molecule has 2 aromatic carbocycles. The van der Waals surface area contributed by atoms with Gasteiger partial charge in [0.2, 0.25) is 5.95 Å². The predicted molar refractivity (Wildman–Crippen MR) is 145 cm³/mol. The minimum atomic E-state index is -0.226. The monoisotopic (exact) mass is 536 g/mol. The van der Waals surface area contributed by atoms with Gasteiger partial charge in [-0.05, 0) is 61.2 Å². The zero-order valence-electron chi connectivity index (χ0n) is 21.1. The van der Waals surface area contributed by atoms with Crippen LogP contribution in [0.15, 0.2) is 48.5 Å². The van der Waals surface area contributed by atoms with Crippen LogP contribution in [-0.4, -0.2) is 65.7 Å². The summed E-state index contributed by atoms with van der Waals surface area (Å²) in [7, 11) is 1.60. The molecule has 1 amide bonds. The summed E-state index contributed by atoms with van der Waals surface area (Å²) in [6.07, 6.45) is 2.52. The predicted octanol–water partition coefficient (Wildman–Crippen LogP) is 3.72. The van der Waals surface area contributed by atoms with Crippen molar-refractivity contribution in [3.05, 3.63) is 64.9 Å². The molecular formula is C27H29FN6O3S. The van der Waals surface area contributed by atoms with Crippen molar-refractivity contribution in [1.82, 2.24) is 19.9 Å². The lowest BCUT2D eigenvalue weighted by Gasteiger charge is -2.35. The maximum Gasteiger partial charge on any atom is 0.260 e. The number of aryl methyl sites for hydroxylation is 2. The number of carbonyl (C=O) groups excluding carboxylic acids is 1. The normalized spacial score (nSPS) is 13.6. The molecule has 0 unspecified atom stereocenters. The van der Waals surface area contributed by atoms with E-state index < -0.39 is 0 Å². The van der Waals surface area contributed by atoms with Gasteiger partial charge in [-0.3, -0.25) is 4.79 Å². The third-order valence-corrected chi connectivity index (χ3v) is 7.43. The van der Waals surface area contributed by atoms with E-state index in [-0.39, 0.29) is 24.3 Å². The highest BCUT2D eigenvalue weighted by atomic mass is 32.1. The molecule has 2 N–H and O–H groups in total. The van der Waals surface area contributed by atoms with Crippen molar-refractivity contribution in [1.29, 1.82) is 0 Å². The molecular weight excluding hydrogens is 507 g/mol. The first kappa shape index (κ1) is 25.7. The van der Waals surface area contributed by atoms with Gasteiger partial charge in [-0.1, -0.05) is 23.5 Å². The molecule has 0 aliphatic carbocycles. The number of nitrogens with zero attached hydrogens (tertiary/aromatic N) is 5. The van der Waals surface area contributed by atoms with E-state index in [4.69, 9.17) is 20.2 Å². The number of rotatable bonds is 9. The molecule has 38 heavy (non-hydrogen) atoms. The number of methoxy groups -OCH3 is 1. The van der Waals surface area contributed by atoms with Gasteiger partial charge in [0.1, 0.15) is 22.8 Å². The van der Waals surface area contributed by atoms with E-state index in [2.05, 4.69) is 14.9 Å². The van der Waals surface area contributed by atoms with E-state index in [0.717, 1.165) is 45.9 Å². The Kier molecular flexibility index (Phi) is 7.83. The van der Waals surface area contributed by atoms with E-state index in [1.807, 2.05) is 12.1 Å². The standard InChI is InChI=1S/C27H29FN6O3S/c1-36-20-9-11-21(12-10-20)37-17-23(35)33-13-15-34(16-14-33)25-24-26(32-27(29)31-25)38-22(30-24)4-2-3-18-5-7-19(28)8-6-18/h5-12H,2-4,13-17H2,1H3,(H2,29,31,32). The fourth-order valence-corrected chi connectivity index (χ4v) is 5.34. The Morgan fingerprint density at radius 1 is 0.974 bits per heavy atom. The fourth-order valence-electron chi connectivity index (χ4n) is 4.37. The van der Waals surface area contributed by atoms with Crippen LogP contribution in [0, 0.1) is 5.82 Å². The van der Waals surface area contributed by atoms with Crippen molar-refractivity contribution >= 4 is 39.4 Å². The summed E-state index contributed by atoms with van der Waals surface area (Å²) in [6, 6.07) is 13.7. The summed E-state index contributed by atoms with van der Waals surface area (Å²) in [5, 5.41) is 0.966. The van der Waals surface area contributed by atoms with Gasteiger partial charge >= 0.3 is 0 Å². The Balaban J connectivity index is 1.17. The average Bonchev–Trinajstić information content (AvgIpc) is 3.35. The van der Waals surface area contributed by atoms with Crippen LogP contribution in [0.1, 0.15) is 17.0 Å². The Labute approximate surface area is 224 Å². The third-order valence-electron chi connectivity index (χ3n) is 6.42. The molecule has 1 fully saturated rings. The molecule has 198 valence electrons. The van der Waals surface area contributed by atoms with Gasteiger partial charge in [-0.15, -0.1) is 0 Å². The fraction of sp³-hybridized carbons (Fsp3) is 0.333. The topological polar surface area (TPSA) is 107 Å². The van der Waals surface area contributed by atoms with E-state index in [1.165, 1.54) is 23.5 Å². The van der Waals surface area contributed by atoms with Gasteiger partial charge < -0.3 is 25.0 Å². The molecule has 2 aromatic heterocycles. The lowest BCUT2D eigenvalue weighted by molar-refractivity contribution is -0.133. The first-order chi connectivity index (χ1) is 18.5. The largest absolute Gasteiger partial charge is 0.497 e. The van der Waals surface area contributed by atoms with Gasteiger partial charge in [0.15, 0.2) is 17.3 Å². The first-order valence-electron chi connectivity index (χ1n) is 12.5. The van der Waals surface area contributed by atoms with Crippen molar-refractivity contribution < 1.29 is 18.7 Å². The highest BCUT2D eigenvalue weighted by molar-refractivity contribution is 7.18. The Morgan fingerprint density at radius 2 is 1.68 bits per heavy atom. The summed E-state index contributed by atoms with van der Waals surface area (Å²) in [4.78, 5) is 31.1. The van der Waals surface area contributed by atoms with Crippen LogP contribution in [0.4, 0.5) is 16.2 Å². The minimum Gasteiger partial charge on any atom is -0.497 e. The lowest BCUT2D eigenvalue weighted by atomic mass is 10.1. The quantitative estimate of drug-likeness (QED) is 0.345. The molecule has 1 aliphatic rings. The number of aromatic nitrogens is 3. The minimum absolute atomic E-state index is 0.0234. The third kappa shape index (κ3) is 6.10. The number of nitrogen functional groups attached to an aromatic ring is 1. The molecule has 0 saturated carbocycles. The number of nitrogens with two attached hydrogens (primary N) is 1. The molecule has 1 aliphatic heterocycles. The summed E-state index contributed by atoms with van der Waals surface area (Å²) < 4.78 is 23.9. The molecule has 11 heteroatoms. The second kappa shape index (κ2) is 11.6. The number of fused-ring (bicyclic) bond motifs is 1. The summed E-state index contributed by atoms with van der Waals surface area (Å²) in [5.41, 5.74) is 7.86. The Hall–Kier alpha value is -3.99. The molecule has 0 radical (unpaired) electrons. The number of halogens is 1. The van der Waals surface area contributed by atoms with Crippen molar-refractivity contribution in [3.8, 4) is 11.5 Å².